The summed E-state index contributed by atoms with van der Waals surface area (Å²) in [5.74, 6) is -0.734. The number of hydrogen-bond acceptors (Lipinski definition) is 3. The monoisotopic (exact) mass is 267 g/mol. The lowest BCUT2D eigenvalue weighted by atomic mass is 10.2. The Labute approximate surface area is 114 Å². The van der Waals surface area contributed by atoms with Crippen LogP contribution in [0.15, 0.2) is 12.3 Å². The van der Waals surface area contributed by atoms with Crippen LogP contribution in [0.25, 0.3) is 0 Å². The van der Waals surface area contributed by atoms with E-state index in [1.807, 2.05) is 6.92 Å². The van der Waals surface area contributed by atoms with Crippen molar-refractivity contribution in [3.63, 3.8) is 0 Å². The quantitative estimate of drug-likeness (QED) is 0.773. The van der Waals surface area contributed by atoms with Gasteiger partial charge in [0.1, 0.15) is 0 Å². The van der Waals surface area contributed by atoms with Gasteiger partial charge in [-0.25, -0.2) is 9.37 Å². The average Bonchev–Trinajstić information content (AvgIpc) is 2.41. The Kier molecular flexibility index (Phi) is 6.25. The van der Waals surface area contributed by atoms with E-state index in [9.17, 15) is 9.18 Å². The fourth-order valence-electron chi connectivity index (χ4n) is 1.81. The van der Waals surface area contributed by atoms with E-state index in [1.54, 1.807) is 11.9 Å². The number of rotatable bonds is 7. The zero-order valence-corrected chi connectivity index (χ0v) is 11.9. The van der Waals surface area contributed by atoms with Gasteiger partial charge in [0, 0.05) is 26.3 Å². The van der Waals surface area contributed by atoms with Crippen LogP contribution in [0.2, 0.25) is 0 Å². The van der Waals surface area contributed by atoms with Crippen LogP contribution < -0.4 is 5.32 Å². The second kappa shape index (κ2) is 7.71. The summed E-state index contributed by atoms with van der Waals surface area (Å²) in [4.78, 5) is 17.6. The van der Waals surface area contributed by atoms with Crippen molar-refractivity contribution in [2.75, 3.05) is 25.5 Å². The van der Waals surface area contributed by atoms with Gasteiger partial charge in [0.2, 0.25) is 0 Å². The van der Waals surface area contributed by atoms with Crippen LogP contribution in [-0.2, 0) is 0 Å². The Morgan fingerprint density at radius 1 is 1.42 bits per heavy atom. The minimum atomic E-state index is -0.573. The van der Waals surface area contributed by atoms with Crippen molar-refractivity contribution >= 4 is 11.7 Å². The highest BCUT2D eigenvalue weighted by Crippen LogP contribution is 2.16. The average molecular weight is 267 g/mol. The van der Waals surface area contributed by atoms with E-state index in [0.717, 1.165) is 19.3 Å². The number of hydrogen-bond donors (Lipinski definition) is 1. The summed E-state index contributed by atoms with van der Waals surface area (Å²) >= 11 is 0. The van der Waals surface area contributed by atoms with Crippen molar-refractivity contribution < 1.29 is 9.18 Å². The van der Waals surface area contributed by atoms with Crippen molar-refractivity contribution in [1.29, 1.82) is 0 Å². The molecule has 0 aromatic carbocycles. The fraction of sp³-hybridized carbons (Fsp3) is 0.571. The predicted molar refractivity (Wildman–Crippen MR) is 74.8 cm³/mol. The van der Waals surface area contributed by atoms with Gasteiger partial charge >= 0.3 is 0 Å². The molecule has 0 unspecified atom stereocenters. The zero-order valence-electron chi connectivity index (χ0n) is 11.9. The standard InChI is InChI=1S/C14H22FN3O/c1-4-6-7-10-18(3)14(19)11-8-9-17-13(12(11)15)16-5-2/h8-9H,4-7,10H2,1-3H3,(H,16,17). The van der Waals surface area contributed by atoms with E-state index in [2.05, 4.69) is 17.2 Å². The summed E-state index contributed by atoms with van der Waals surface area (Å²) in [6, 6.07) is 1.43. The molecule has 106 valence electrons. The molecule has 0 atom stereocenters. The van der Waals surface area contributed by atoms with E-state index in [-0.39, 0.29) is 17.3 Å². The Bertz CT molecular complexity index is 423. The molecule has 5 heteroatoms. The molecule has 4 nitrogen and oxygen atoms in total. The molecule has 0 aliphatic carbocycles. The number of anilines is 1. The highest BCUT2D eigenvalue weighted by Gasteiger charge is 2.18. The lowest BCUT2D eigenvalue weighted by Crippen LogP contribution is -2.28. The SMILES string of the molecule is CCCCCN(C)C(=O)c1ccnc(NCC)c1F. The maximum Gasteiger partial charge on any atom is 0.256 e. The third kappa shape index (κ3) is 4.19. The maximum atomic E-state index is 14.1. The van der Waals surface area contributed by atoms with Crippen LogP contribution in [0.4, 0.5) is 10.2 Å². The number of nitrogens with one attached hydrogen (secondary N) is 1. The molecule has 1 aromatic rings. The summed E-state index contributed by atoms with van der Waals surface area (Å²) in [6.45, 7) is 5.17. The number of carbonyl (C=O) groups excluding carboxylic acids is 1. The Morgan fingerprint density at radius 2 is 2.16 bits per heavy atom. The van der Waals surface area contributed by atoms with E-state index in [0.29, 0.717) is 13.1 Å². The predicted octanol–water partition coefficient (Wildman–Crippen LogP) is 2.91. The highest BCUT2D eigenvalue weighted by atomic mass is 19.1. The van der Waals surface area contributed by atoms with Crippen molar-refractivity contribution in [1.82, 2.24) is 9.88 Å². The smallest absolute Gasteiger partial charge is 0.256 e. The van der Waals surface area contributed by atoms with Crippen LogP contribution in [-0.4, -0.2) is 35.9 Å². The maximum absolute atomic E-state index is 14.1. The van der Waals surface area contributed by atoms with E-state index >= 15 is 0 Å². The molecule has 0 saturated carbocycles. The highest BCUT2D eigenvalue weighted by molar-refractivity contribution is 5.95. The first kappa shape index (κ1) is 15.4. The molecule has 0 aliphatic rings. The molecule has 0 bridgehead atoms. The number of pyridine rings is 1. The molecule has 0 radical (unpaired) electrons. The number of halogens is 1. The van der Waals surface area contributed by atoms with Crippen molar-refractivity contribution in [2.24, 2.45) is 0 Å². The number of nitrogens with zero attached hydrogens (tertiary/aromatic N) is 2. The first-order valence-corrected chi connectivity index (χ1v) is 6.75. The molecule has 1 N–H and O–H groups in total. The summed E-state index contributed by atoms with van der Waals surface area (Å²) in [5, 5.41) is 2.81. The number of aromatic nitrogens is 1. The van der Waals surface area contributed by atoms with Gasteiger partial charge in [0.05, 0.1) is 5.56 Å². The Balaban J connectivity index is 2.78. The summed E-state index contributed by atoms with van der Waals surface area (Å²) in [7, 11) is 1.70. The topological polar surface area (TPSA) is 45.2 Å². The van der Waals surface area contributed by atoms with Crippen LogP contribution in [0.3, 0.4) is 0 Å². The van der Waals surface area contributed by atoms with Gasteiger partial charge in [-0.3, -0.25) is 4.79 Å². The van der Waals surface area contributed by atoms with Crippen LogP contribution in [0, 0.1) is 5.82 Å². The van der Waals surface area contributed by atoms with Gasteiger partial charge in [-0.15, -0.1) is 0 Å². The third-order valence-electron chi connectivity index (χ3n) is 2.91. The van der Waals surface area contributed by atoms with Crippen molar-refractivity contribution in [3.8, 4) is 0 Å². The first-order chi connectivity index (χ1) is 9.11. The van der Waals surface area contributed by atoms with Crippen LogP contribution in [0.1, 0.15) is 43.5 Å². The van der Waals surface area contributed by atoms with E-state index < -0.39 is 5.82 Å². The van der Waals surface area contributed by atoms with Gasteiger partial charge in [-0.2, -0.15) is 0 Å². The number of unbranched alkanes of at least 4 members (excludes halogenated alkanes) is 2. The number of amides is 1. The summed E-state index contributed by atoms with van der Waals surface area (Å²) in [5.41, 5.74) is 0.0740. The largest absolute Gasteiger partial charge is 0.368 e. The van der Waals surface area contributed by atoms with Crippen LogP contribution in [0.5, 0.6) is 0 Å². The minimum Gasteiger partial charge on any atom is -0.368 e. The molecule has 1 rings (SSSR count). The molecule has 0 saturated heterocycles. The molecule has 1 aromatic heterocycles. The van der Waals surface area contributed by atoms with E-state index in [1.165, 1.54) is 12.3 Å². The second-order valence-electron chi connectivity index (χ2n) is 4.49. The third-order valence-corrected chi connectivity index (χ3v) is 2.91. The van der Waals surface area contributed by atoms with E-state index in [4.69, 9.17) is 0 Å². The normalized spacial score (nSPS) is 10.3. The molecular formula is C14H22FN3O. The van der Waals surface area contributed by atoms with Gasteiger partial charge in [0.25, 0.3) is 5.91 Å². The first-order valence-electron chi connectivity index (χ1n) is 6.75. The molecule has 19 heavy (non-hydrogen) atoms. The lowest BCUT2D eigenvalue weighted by Gasteiger charge is -2.18. The fourth-order valence-corrected chi connectivity index (χ4v) is 1.81. The molecule has 0 fully saturated rings. The molecule has 1 heterocycles. The lowest BCUT2D eigenvalue weighted by molar-refractivity contribution is 0.0788. The minimum absolute atomic E-state index is 0.0740. The van der Waals surface area contributed by atoms with Crippen LogP contribution >= 0.6 is 0 Å². The molecular weight excluding hydrogens is 245 g/mol. The van der Waals surface area contributed by atoms with Gasteiger partial charge in [0.15, 0.2) is 11.6 Å². The number of carbonyl (C=O) groups is 1. The molecule has 0 aliphatic heterocycles. The summed E-state index contributed by atoms with van der Waals surface area (Å²) < 4.78 is 14.1. The zero-order chi connectivity index (χ0) is 14.3. The second-order valence-corrected chi connectivity index (χ2v) is 4.49. The molecule has 0 spiro atoms. The Morgan fingerprint density at radius 3 is 2.79 bits per heavy atom. The Hall–Kier alpha value is -1.65. The van der Waals surface area contributed by atoms with Gasteiger partial charge < -0.3 is 10.2 Å². The van der Waals surface area contributed by atoms with Gasteiger partial charge in [-0.1, -0.05) is 19.8 Å². The van der Waals surface area contributed by atoms with Crippen molar-refractivity contribution in [3.05, 3.63) is 23.6 Å². The van der Waals surface area contributed by atoms with Gasteiger partial charge in [-0.05, 0) is 19.4 Å². The summed E-state index contributed by atoms with van der Waals surface area (Å²) in [6.07, 6.45) is 4.55. The molecule has 1 amide bonds. The van der Waals surface area contributed by atoms with Crippen molar-refractivity contribution in [2.45, 2.75) is 33.1 Å².